The average Bonchev–Trinajstić information content (AvgIpc) is 2.86. The molecular weight excluding hydrogens is 546 g/mol. The monoisotopic (exact) mass is 579 g/mol. The second-order valence-corrected chi connectivity index (χ2v) is 10.0. The SMILES string of the molecule is CCCCC1CC(C(=O)O)=C(C(=O)O)C(C(CCCC)OC(=O)Nc2ccc(Cl)cc2)CC(C(=O)O)=C1C(=O)O. The fourth-order valence-electron chi connectivity index (χ4n) is 4.94. The van der Waals surface area contributed by atoms with Crippen molar-refractivity contribution in [1.82, 2.24) is 0 Å². The van der Waals surface area contributed by atoms with Gasteiger partial charge in [-0.05, 0) is 55.9 Å². The van der Waals surface area contributed by atoms with Crippen molar-refractivity contribution >= 4 is 47.3 Å². The highest BCUT2D eigenvalue weighted by Gasteiger charge is 2.42. The van der Waals surface area contributed by atoms with Crippen molar-refractivity contribution in [3.8, 4) is 0 Å². The van der Waals surface area contributed by atoms with Gasteiger partial charge in [0.1, 0.15) is 6.10 Å². The van der Waals surface area contributed by atoms with Crippen molar-refractivity contribution < 1.29 is 49.1 Å². The molecule has 11 nitrogen and oxygen atoms in total. The number of carboxylic acids is 4. The topological polar surface area (TPSA) is 188 Å². The number of hydrogen-bond acceptors (Lipinski definition) is 6. The number of carbonyl (C=O) groups excluding carboxylic acids is 1. The number of unbranched alkanes of at least 4 members (excludes halogenated alkanes) is 2. The maximum Gasteiger partial charge on any atom is 0.411 e. The third kappa shape index (κ3) is 8.57. The predicted octanol–water partition coefficient (Wildman–Crippen LogP) is 5.60. The maximum atomic E-state index is 12.8. The maximum absolute atomic E-state index is 12.8. The van der Waals surface area contributed by atoms with E-state index in [1.54, 1.807) is 0 Å². The Morgan fingerprint density at radius 2 is 1.40 bits per heavy atom. The minimum atomic E-state index is -1.61. The summed E-state index contributed by atoms with van der Waals surface area (Å²) in [5.74, 6) is -8.73. The summed E-state index contributed by atoms with van der Waals surface area (Å²) >= 11 is 5.87. The van der Waals surface area contributed by atoms with Crippen LogP contribution >= 0.6 is 11.6 Å². The first-order valence-corrected chi connectivity index (χ1v) is 13.4. The molecule has 40 heavy (non-hydrogen) atoms. The molecule has 0 aromatic heterocycles. The second kappa shape index (κ2) is 15.1. The molecule has 5 N–H and O–H groups in total. The first kappa shape index (κ1) is 32.4. The van der Waals surface area contributed by atoms with Gasteiger partial charge in [0, 0.05) is 27.8 Å². The molecule has 1 aliphatic rings. The van der Waals surface area contributed by atoms with Crippen LogP contribution in [-0.2, 0) is 23.9 Å². The Balaban J connectivity index is 2.70. The summed E-state index contributed by atoms with van der Waals surface area (Å²) in [4.78, 5) is 62.5. The molecule has 0 bridgehead atoms. The molecule has 0 saturated heterocycles. The normalized spacial score (nSPS) is 18.4. The van der Waals surface area contributed by atoms with Crippen molar-refractivity contribution in [2.75, 3.05) is 5.32 Å². The van der Waals surface area contributed by atoms with E-state index in [1.165, 1.54) is 24.3 Å². The number of rotatable bonds is 13. The minimum Gasteiger partial charge on any atom is -0.478 e. The van der Waals surface area contributed by atoms with E-state index in [0.717, 1.165) is 0 Å². The highest BCUT2D eigenvalue weighted by atomic mass is 35.5. The number of amides is 1. The summed E-state index contributed by atoms with van der Waals surface area (Å²) in [6, 6.07) is 6.06. The number of carbonyl (C=O) groups is 5. The van der Waals surface area contributed by atoms with Crippen molar-refractivity contribution in [2.24, 2.45) is 11.8 Å². The van der Waals surface area contributed by atoms with Crippen molar-refractivity contribution in [2.45, 2.75) is 71.3 Å². The molecule has 0 spiro atoms. The van der Waals surface area contributed by atoms with Crippen LogP contribution in [0.1, 0.15) is 65.2 Å². The molecule has 218 valence electrons. The standard InChI is InChI=1S/C28H34ClNO10/c1-3-5-7-15-13-19(24(31)32)23(27(37)38)18(14-20(25(33)34)22(15)26(35)36)21(8-6-4-2)40-28(39)30-17-11-9-16(29)10-12-17/h9-12,15,18,21H,3-8,13-14H2,1-2H3,(H,30,39)(H,31,32)(H,33,34)(H,35,36)(H,37,38). The third-order valence-electron chi connectivity index (χ3n) is 6.83. The second-order valence-electron chi connectivity index (χ2n) is 9.58. The van der Waals surface area contributed by atoms with Gasteiger partial charge in [-0.25, -0.2) is 24.0 Å². The number of anilines is 1. The molecular formula is C28H34ClNO10. The van der Waals surface area contributed by atoms with Crippen LogP contribution in [0.3, 0.4) is 0 Å². The van der Waals surface area contributed by atoms with Gasteiger partial charge >= 0.3 is 30.0 Å². The van der Waals surface area contributed by atoms with E-state index in [1.807, 2.05) is 13.8 Å². The Kier molecular flexibility index (Phi) is 12.2. The Hall–Kier alpha value is -3.86. The van der Waals surface area contributed by atoms with E-state index in [0.29, 0.717) is 36.4 Å². The molecule has 1 aromatic carbocycles. The number of aliphatic carboxylic acids is 4. The van der Waals surface area contributed by atoms with E-state index in [2.05, 4.69) is 5.32 Å². The first-order valence-electron chi connectivity index (χ1n) is 13.0. The van der Waals surface area contributed by atoms with Gasteiger partial charge in [-0.2, -0.15) is 0 Å². The highest BCUT2D eigenvalue weighted by molar-refractivity contribution is 6.30. The summed E-state index contributed by atoms with van der Waals surface area (Å²) in [6.07, 6.45) is -1.04. The van der Waals surface area contributed by atoms with Crippen LogP contribution in [0.5, 0.6) is 0 Å². The van der Waals surface area contributed by atoms with Gasteiger partial charge in [-0.15, -0.1) is 0 Å². The molecule has 12 heteroatoms. The smallest absolute Gasteiger partial charge is 0.411 e. The molecule has 0 saturated carbocycles. The lowest BCUT2D eigenvalue weighted by molar-refractivity contribution is -0.138. The zero-order chi connectivity index (χ0) is 30.0. The lowest BCUT2D eigenvalue weighted by Gasteiger charge is -2.32. The van der Waals surface area contributed by atoms with Gasteiger partial charge < -0.3 is 25.2 Å². The first-order chi connectivity index (χ1) is 18.9. The average molecular weight is 580 g/mol. The van der Waals surface area contributed by atoms with Gasteiger partial charge in [-0.1, -0.05) is 51.1 Å². The number of carboxylic acid groups (broad SMARTS) is 4. The van der Waals surface area contributed by atoms with Gasteiger partial charge in [0.2, 0.25) is 0 Å². The largest absolute Gasteiger partial charge is 0.478 e. The molecule has 0 fully saturated rings. The summed E-state index contributed by atoms with van der Waals surface area (Å²) in [6.45, 7) is 3.67. The van der Waals surface area contributed by atoms with Crippen LogP contribution < -0.4 is 5.32 Å². The predicted molar refractivity (Wildman–Crippen MR) is 145 cm³/mol. The molecule has 1 aromatic rings. The van der Waals surface area contributed by atoms with Gasteiger partial charge in [0.15, 0.2) is 0 Å². The van der Waals surface area contributed by atoms with Crippen molar-refractivity contribution in [3.05, 3.63) is 51.6 Å². The Bertz CT molecular complexity index is 1190. The van der Waals surface area contributed by atoms with Gasteiger partial charge in [0.05, 0.1) is 11.1 Å². The summed E-state index contributed by atoms with van der Waals surface area (Å²) in [5.41, 5.74) is -1.82. The molecule has 1 aliphatic carbocycles. The molecule has 0 radical (unpaired) electrons. The van der Waals surface area contributed by atoms with Crippen molar-refractivity contribution in [1.29, 1.82) is 0 Å². The molecule has 0 heterocycles. The Morgan fingerprint density at radius 3 is 1.90 bits per heavy atom. The van der Waals surface area contributed by atoms with E-state index >= 15 is 0 Å². The van der Waals surface area contributed by atoms with Crippen LogP contribution in [0, 0.1) is 11.8 Å². The lowest BCUT2D eigenvalue weighted by atomic mass is 9.73. The lowest BCUT2D eigenvalue weighted by Crippen LogP contribution is -2.37. The molecule has 3 atom stereocenters. The molecule has 2 rings (SSSR count). The van der Waals surface area contributed by atoms with Crippen LogP contribution in [0.2, 0.25) is 5.02 Å². The van der Waals surface area contributed by atoms with Gasteiger partial charge in [-0.3, -0.25) is 5.32 Å². The number of ether oxygens (including phenoxy) is 1. The number of halogens is 1. The third-order valence-corrected chi connectivity index (χ3v) is 7.08. The molecule has 1 amide bonds. The van der Waals surface area contributed by atoms with E-state index in [9.17, 15) is 44.4 Å². The molecule has 0 aliphatic heterocycles. The van der Waals surface area contributed by atoms with Crippen LogP contribution in [0.25, 0.3) is 0 Å². The number of benzene rings is 1. The fourth-order valence-corrected chi connectivity index (χ4v) is 5.06. The quantitative estimate of drug-likeness (QED) is 0.197. The van der Waals surface area contributed by atoms with Crippen LogP contribution in [-0.4, -0.2) is 56.5 Å². The van der Waals surface area contributed by atoms with Crippen molar-refractivity contribution in [3.63, 3.8) is 0 Å². The van der Waals surface area contributed by atoms with E-state index in [4.69, 9.17) is 16.3 Å². The zero-order valence-electron chi connectivity index (χ0n) is 22.3. The number of nitrogens with one attached hydrogen (secondary N) is 1. The van der Waals surface area contributed by atoms with E-state index < -0.39 is 83.0 Å². The summed E-state index contributed by atoms with van der Waals surface area (Å²) < 4.78 is 5.61. The zero-order valence-corrected chi connectivity index (χ0v) is 23.1. The molecule has 3 unspecified atom stereocenters. The van der Waals surface area contributed by atoms with Gasteiger partial charge in [0.25, 0.3) is 0 Å². The minimum absolute atomic E-state index is 0.0768. The van der Waals surface area contributed by atoms with Crippen LogP contribution in [0.4, 0.5) is 10.5 Å². The van der Waals surface area contributed by atoms with Crippen LogP contribution in [0.15, 0.2) is 46.6 Å². The fraction of sp³-hybridized carbons (Fsp3) is 0.464. The Morgan fingerprint density at radius 1 is 0.850 bits per heavy atom. The number of hydrogen-bond donors (Lipinski definition) is 5. The summed E-state index contributed by atoms with van der Waals surface area (Å²) in [5, 5.41) is 43.3. The summed E-state index contributed by atoms with van der Waals surface area (Å²) in [7, 11) is 0. The Labute approximate surface area is 236 Å². The van der Waals surface area contributed by atoms with E-state index in [-0.39, 0.29) is 12.8 Å². The highest BCUT2D eigenvalue weighted by Crippen LogP contribution is 2.40.